The molecule has 0 unspecified atom stereocenters. The zero-order valence-corrected chi connectivity index (χ0v) is 14.0. The Kier molecular flexibility index (Phi) is 4.86. The van der Waals surface area contributed by atoms with E-state index < -0.39 is 0 Å². The molecule has 0 radical (unpaired) electrons. The van der Waals surface area contributed by atoms with Crippen LogP contribution in [0.5, 0.6) is 5.75 Å². The minimum Gasteiger partial charge on any atom is -0.508 e. The van der Waals surface area contributed by atoms with Gasteiger partial charge in [0.25, 0.3) is 0 Å². The van der Waals surface area contributed by atoms with E-state index in [0.29, 0.717) is 0 Å². The number of aliphatic imine (C=N–C) groups is 1. The van der Waals surface area contributed by atoms with E-state index in [0.717, 1.165) is 34.4 Å². The minimum atomic E-state index is 0.273. The van der Waals surface area contributed by atoms with Gasteiger partial charge in [-0.2, -0.15) is 0 Å². The summed E-state index contributed by atoms with van der Waals surface area (Å²) in [6.45, 7) is 10.3. The number of H-pyrrole nitrogens is 1. The molecule has 1 aromatic heterocycles. The van der Waals surface area contributed by atoms with Gasteiger partial charge in [0.15, 0.2) is 0 Å². The largest absolute Gasteiger partial charge is 0.508 e. The summed E-state index contributed by atoms with van der Waals surface area (Å²) in [6.07, 6.45) is 0.992. The summed E-state index contributed by atoms with van der Waals surface area (Å²) < 4.78 is 0. The van der Waals surface area contributed by atoms with Gasteiger partial charge in [0, 0.05) is 22.2 Å². The first-order valence-corrected chi connectivity index (χ1v) is 7.63. The van der Waals surface area contributed by atoms with Crippen LogP contribution in [0.2, 0.25) is 0 Å². The van der Waals surface area contributed by atoms with E-state index >= 15 is 0 Å². The van der Waals surface area contributed by atoms with Gasteiger partial charge in [-0.3, -0.25) is 4.99 Å². The highest BCUT2D eigenvalue weighted by atomic mass is 16.3. The summed E-state index contributed by atoms with van der Waals surface area (Å²) in [7, 11) is 0. The molecule has 3 nitrogen and oxygen atoms in total. The maximum Gasteiger partial charge on any atom is 0.116 e. The first-order chi connectivity index (χ1) is 10.4. The lowest BCUT2D eigenvalue weighted by Gasteiger charge is -1.98. The fourth-order valence-corrected chi connectivity index (χ4v) is 2.49. The molecule has 0 aliphatic heterocycles. The van der Waals surface area contributed by atoms with Gasteiger partial charge in [-0.25, -0.2) is 0 Å². The van der Waals surface area contributed by atoms with E-state index in [1.165, 1.54) is 10.8 Å². The lowest BCUT2D eigenvalue weighted by molar-refractivity contribution is 0.475. The number of rotatable bonds is 3. The van der Waals surface area contributed by atoms with Gasteiger partial charge >= 0.3 is 0 Å². The van der Waals surface area contributed by atoms with Crippen molar-refractivity contribution in [2.45, 2.75) is 41.0 Å². The summed E-state index contributed by atoms with van der Waals surface area (Å²) in [6, 6.07) is 9.44. The normalized spacial score (nSPS) is 13.7. The third-order valence-corrected chi connectivity index (χ3v) is 3.72. The Morgan fingerprint density at radius 3 is 2.45 bits per heavy atom. The van der Waals surface area contributed by atoms with Gasteiger partial charge < -0.3 is 10.1 Å². The Morgan fingerprint density at radius 2 is 1.86 bits per heavy atom. The molecule has 1 aromatic carbocycles. The molecule has 2 aromatic rings. The van der Waals surface area contributed by atoms with Crippen molar-refractivity contribution in [1.82, 2.24) is 4.98 Å². The van der Waals surface area contributed by atoms with Gasteiger partial charge in [0.1, 0.15) is 5.75 Å². The standard InChI is InChI=1S/C19H24N2O/c1-6-13(4)17-11-18(15-8-7-9-16(22)10-15)21-19(17)14(5)20-12(2)3/h7-11,21-22H,6H2,1-5H3/b17-13+,19-14+. The van der Waals surface area contributed by atoms with Crippen LogP contribution in [0.4, 0.5) is 0 Å². The molecular formula is C19H24N2O. The van der Waals surface area contributed by atoms with E-state index in [1.54, 1.807) is 12.1 Å². The molecule has 1 heterocycles. The van der Waals surface area contributed by atoms with E-state index in [4.69, 9.17) is 0 Å². The number of aromatic nitrogens is 1. The molecule has 0 atom stereocenters. The van der Waals surface area contributed by atoms with E-state index in [1.807, 2.05) is 32.9 Å². The number of nitrogens with zero attached hydrogens (tertiary/aromatic N) is 1. The van der Waals surface area contributed by atoms with Crippen LogP contribution in [-0.2, 0) is 0 Å². The van der Waals surface area contributed by atoms with Crippen LogP contribution < -0.4 is 10.6 Å². The number of aromatic amines is 1. The molecule has 0 fully saturated rings. The zero-order chi connectivity index (χ0) is 16.3. The lowest BCUT2D eigenvalue weighted by atomic mass is 10.1. The quantitative estimate of drug-likeness (QED) is 0.836. The highest BCUT2D eigenvalue weighted by Gasteiger charge is 2.05. The molecule has 0 aliphatic carbocycles. The van der Waals surface area contributed by atoms with Gasteiger partial charge in [-0.1, -0.05) is 24.6 Å². The maximum absolute atomic E-state index is 9.69. The third-order valence-electron chi connectivity index (χ3n) is 3.72. The van der Waals surface area contributed by atoms with Crippen molar-refractivity contribution < 1.29 is 5.11 Å². The second kappa shape index (κ2) is 6.65. The molecule has 0 amide bonds. The monoisotopic (exact) mass is 296 g/mol. The van der Waals surface area contributed by atoms with Crippen LogP contribution in [0.1, 0.15) is 41.0 Å². The molecule has 0 spiro atoms. The van der Waals surface area contributed by atoms with Crippen LogP contribution in [0.3, 0.4) is 0 Å². The first-order valence-electron chi connectivity index (χ1n) is 7.63. The second-order valence-electron chi connectivity index (χ2n) is 5.80. The minimum absolute atomic E-state index is 0.273. The van der Waals surface area contributed by atoms with Gasteiger partial charge in [-0.15, -0.1) is 0 Å². The number of hydrogen-bond acceptors (Lipinski definition) is 2. The summed E-state index contributed by atoms with van der Waals surface area (Å²) >= 11 is 0. The molecule has 0 bridgehead atoms. The van der Waals surface area contributed by atoms with Gasteiger partial charge in [0.2, 0.25) is 0 Å². The van der Waals surface area contributed by atoms with Crippen LogP contribution in [0.25, 0.3) is 22.5 Å². The molecule has 0 aliphatic rings. The number of hydrogen-bond donors (Lipinski definition) is 2. The Labute approximate surface area is 131 Å². The average Bonchev–Trinajstić information content (AvgIpc) is 2.91. The Balaban J connectivity index is 2.78. The van der Waals surface area contributed by atoms with Gasteiger partial charge in [0.05, 0.1) is 11.0 Å². The number of aromatic hydroxyl groups is 1. The van der Waals surface area contributed by atoms with E-state index in [2.05, 4.69) is 29.9 Å². The summed E-state index contributed by atoms with van der Waals surface area (Å²) in [4.78, 5) is 8.06. The lowest BCUT2D eigenvalue weighted by Crippen LogP contribution is -2.26. The molecule has 0 saturated carbocycles. The number of phenols is 1. The molecule has 2 rings (SSSR count). The summed E-state index contributed by atoms with van der Waals surface area (Å²) in [5.41, 5.74) is 5.31. The van der Waals surface area contributed by atoms with Crippen molar-refractivity contribution in [2.24, 2.45) is 4.99 Å². The summed E-state index contributed by atoms with van der Waals surface area (Å²) in [5, 5.41) is 11.9. The number of benzene rings is 1. The highest BCUT2D eigenvalue weighted by Crippen LogP contribution is 2.20. The first kappa shape index (κ1) is 16.1. The fraction of sp³-hybridized carbons (Fsp3) is 0.316. The number of phenolic OH excluding ortho intramolecular Hbond substituents is 1. The van der Waals surface area contributed by atoms with Crippen molar-refractivity contribution >= 4 is 17.0 Å². The predicted octanol–water partition coefficient (Wildman–Crippen LogP) is 3.58. The van der Waals surface area contributed by atoms with Crippen LogP contribution in [-0.4, -0.2) is 15.8 Å². The predicted molar refractivity (Wildman–Crippen MR) is 94.4 cm³/mol. The fourth-order valence-electron chi connectivity index (χ4n) is 2.49. The highest BCUT2D eigenvalue weighted by molar-refractivity contribution is 5.82. The Bertz CT molecular complexity index is 821. The SMILES string of the molecule is CC/C(C)=c1\cc(-c2cccc(O)c2)[nH]\c1=C(/C)N=C(C)C. The summed E-state index contributed by atoms with van der Waals surface area (Å²) in [5.74, 6) is 0.273. The second-order valence-corrected chi connectivity index (χ2v) is 5.80. The van der Waals surface area contributed by atoms with E-state index in [9.17, 15) is 5.11 Å². The molecule has 2 N–H and O–H groups in total. The smallest absolute Gasteiger partial charge is 0.116 e. The molecule has 3 heteroatoms. The van der Waals surface area contributed by atoms with Crippen molar-refractivity contribution in [2.75, 3.05) is 0 Å². The Hall–Kier alpha value is -2.29. The van der Waals surface area contributed by atoms with Gasteiger partial charge in [-0.05, 0) is 52.3 Å². The zero-order valence-electron chi connectivity index (χ0n) is 14.0. The molecule has 0 saturated heterocycles. The maximum atomic E-state index is 9.69. The van der Waals surface area contributed by atoms with Crippen LogP contribution in [0.15, 0.2) is 35.3 Å². The van der Waals surface area contributed by atoms with Crippen molar-refractivity contribution in [3.8, 4) is 17.0 Å². The van der Waals surface area contributed by atoms with Crippen molar-refractivity contribution in [3.05, 3.63) is 40.9 Å². The number of nitrogens with one attached hydrogen (secondary N) is 1. The van der Waals surface area contributed by atoms with Crippen molar-refractivity contribution in [3.63, 3.8) is 0 Å². The van der Waals surface area contributed by atoms with Crippen LogP contribution >= 0.6 is 0 Å². The van der Waals surface area contributed by atoms with Crippen molar-refractivity contribution in [1.29, 1.82) is 0 Å². The Morgan fingerprint density at radius 1 is 1.14 bits per heavy atom. The third kappa shape index (κ3) is 3.48. The topological polar surface area (TPSA) is 48.4 Å². The molecular weight excluding hydrogens is 272 g/mol. The molecule has 22 heavy (non-hydrogen) atoms. The van der Waals surface area contributed by atoms with E-state index in [-0.39, 0.29) is 5.75 Å². The average molecular weight is 296 g/mol. The molecule has 116 valence electrons. The van der Waals surface area contributed by atoms with Crippen LogP contribution in [0, 0.1) is 0 Å².